The fourth-order valence-corrected chi connectivity index (χ4v) is 2.39. The molecule has 0 saturated carbocycles. The van der Waals surface area contributed by atoms with E-state index in [0.29, 0.717) is 17.5 Å². The van der Waals surface area contributed by atoms with Gasteiger partial charge in [-0.05, 0) is 12.3 Å². The Morgan fingerprint density at radius 2 is 2.08 bits per heavy atom. The van der Waals surface area contributed by atoms with Gasteiger partial charge in [-0.3, -0.25) is 18.8 Å². The molecule has 0 bridgehead atoms. The van der Waals surface area contributed by atoms with Gasteiger partial charge >= 0.3 is 5.97 Å². The van der Waals surface area contributed by atoms with E-state index in [1.165, 1.54) is 22.7 Å². The normalized spacial score (nSPS) is 12.4. The first-order valence-corrected chi connectivity index (χ1v) is 7.57. The second kappa shape index (κ2) is 7.24. The minimum atomic E-state index is -0.742. The molecule has 0 spiro atoms. The maximum Gasteiger partial charge on any atom is 0.328 e. The molecule has 9 nitrogen and oxygen atoms in total. The SMILES string of the molecule is COC(=O)C(CC(C)C)NC(=O)Cn1cnc2nn(C)cc2c1=O. The monoisotopic (exact) mass is 335 g/mol. The van der Waals surface area contributed by atoms with Crippen LogP contribution in [0.2, 0.25) is 0 Å². The molecule has 0 aromatic carbocycles. The summed E-state index contributed by atoms with van der Waals surface area (Å²) in [6.45, 7) is 3.64. The first kappa shape index (κ1) is 17.6. The maximum atomic E-state index is 12.3. The van der Waals surface area contributed by atoms with Crippen LogP contribution in [0.25, 0.3) is 11.0 Å². The van der Waals surface area contributed by atoms with Gasteiger partial charge in [0.05, 0.1) is 7.11 Å². The number of hydrogen-bond donors (Lipinski definition) is 1. The van der Waals surface area contributed by atoms with Gasteiger partial charge < -0.3 is 10.1 Å². The third-order valence-electron chi connectivity index (χ3n) is 3.46. The van der Waals surface area contributed by atoms with Crippen LogP contribution in [0.1, 0.15) is 20.3 Å². The van der Waals surface area contributed by atoms with Crippen molar-refractivity contribution in [1.82, 2.24) is 24.6 Å². The van der Waals surface area contributed by atoms with Crippen molar-refractivity contribution in [2.75, 3.05) is 7.11 Å². The number of carbonyl (C=O) groups is 2. The summed E-state index contributed by atoms with van der Waals surface area (Å²) in [6, 6.07) is -0.742. The number of nitrogens with zero attached hydrogens (tertiary/aromatic N) is 4. The maximum absolute atomic E-state index is 12.3. The molecule has 0 radical (unpaired) electrons. The summed E-state index contributed by atoms with van der Waals surface area (Å²) in [7, 11) is 2.96. The number of fused-ring (bicyclic) bond motifs is 1. The molecule has 0 fully saturated rings. The van der Waals surface area contributed by atoms with E-state index in [2.05, 4.69) is 15.4 Å². The summed E-state index contributed by atoms with van der Waals surface area (Å²) in [5.41, 5.74) is -0.0341. The number of aromatic nitrogens is 4. The minimum absolute atomic E-state index is 0.200. The van der Waals surface area contributed by atoms with E-state index in [4.69, 9.17) is 4.74 Å². The largest absolute Gasteiger partial charge is 0.467 e. The average molecular weight is 335 g/mol. The lowest BCUT2D eigenvalue weighted by atomic mass is 10.0. The Balaban J connectivity index is 2.15. The first-order valence-electron chi connectivity index (χ1n) is 7.57. The zero-order chi connectivity index (χ0) is 17.9. The van der Waals surface area contributed by atoms with E-state index in [0.717, 1.165) is 0 Å². The second-order valence-electron chi connectivity index (χ2n) is 5.99. The van der Waals surface area contributed by atoms with Crippen molar-refractivity contribution in [2.45, 2.75) is 32.9 Å². The molecule has 2 heterocycles. The quantitative estimate of drug-likeness (QED) is 0.735. The summed E-state index contributed by atoms with van der Waals surface area (Å²) in [4.78, 5) is 40.3. The molecule has 0 aliphatic heterocycles. The summed E-state index contributed by atoms with van der Waals surface area (Å²) in [6.07, 6.45) is 3.27. The van der Waals surface area contributed by atoms with Gasteiger partial charge in [-0.2, -0.15) is 5.10 Å². The van der Waals surface area contributed by atoms with Crippen LogP contribution in [-0.2, 0) is 27.9 Å². The van der Waals surface area contributed by atoms with Crippen molar-refractivity contribution in [3.8, 4) is 0 Å². The highest BCUT2D eigenvalue weighted by Gasteiger charge is 2.23. The van der Waals surface area contributed by atoms with Crippen LogP contribution in [0.4, 0.5) is 0 Å². The zero-order valence-corrected chi connectivity index (χ0v) is 14.1. The fourth-order valence-electron chi connectivity index (χ4n) is 2.39. The smallest absolute Gasteiger partial charge is 0.328 e. The molecule has 1 atom stereocenters. The molecule has 0 aliphatic rings. The Labute approximate surface area is 138 Å². The molecule has 130 valence electrons. The Bertz CT molecular complexity index is 808. The minimum Gasteiger partial charge on any atom is -0.467 e. The second-order valence-corrected chi connectivity index (χ2v) is 5.99. The zero-order valence-electron chi connectivity index (χ0n) is 14.1. The molecule has 24 heavy (non-hydrogen) atoms. The number of carbonyl (C=O) groups excluding carboxylic acids is 2. The van der Waals surface area contributed by atoms with Gasteiger partial charge in [0.2, 0.25) is 5.91 Å². The van der Waals surface area contributed by atoms with Gasteiger partial charge in [0.1, 0.15) is 24.3 Å². The van der Waals surface area contributed by atoms with Crippen LogP contribution in [-0.4, -0.2) is 44.4 Å². The Morgan fingerprint density at radius 3 is 2.71 bits per heavy atom. The number of esters is 1. The van der Waals surface area contributed by atoms with Gasteiger partial charge in [-0.15, -0.1) is 0 Å². The van der Waals surface area contributed by atoms with Crippen LogP contribution in [0.5, 0.6) is 0 Å². The number of aryl methyl sites for hydroxylation is 1. The number of hydrogen-bond acceptors (Lipinski definition) is 6. The molecule has 2 aromatic rings. The van der Waals surface area contributed by atoms with Crippen LogP contribution < -0.4 is 10.9 Å². The van der Waals surface area contributed by atoms with Crippen molar-refractivity contribution in [3.63, 3.8) is 0 Å². The predicted octanol–water partition coefficient (Wildman–Crippen LogP) is -0.166. The number of rotatable bonds is 6. The van der Waals surface area contributed by atoms with Gasteiger partial charge in [-0.25, -0.2) is 9.78 Å². The molecule has 0 aliphatic carbocycles. The summed E-state index contributed by atoms with van der Waals surface area (Å²) >= 11 is 0. The van der Waals surface area contributed by atoms with E-state index >= 15 is 0 Å². The summed E-state index contributed by atoms with van der Waals surface area (Å²) in [5, 5.41) is 6.98. The summed E-state index contributed by atoms with van der Waals surface area (Å²) in [5.74, 6) is -0.769. The average Bonchev–Trinajstić information content (AvgIpc) is 2.89. The van der Waals surface area contributed by atoms with Gasteiger partial charge in [0, 0.05) is 13.2 Å². The molecule has 9 heteroatoms. The van der Waals surface area contributed by atoms with Gasteiger partial charge in [-0.1, -0.05) is 13.8 Å². The highest BCUT2D eigenvalue weighted by molar-refractivity contribution is 5.84. The van der Waals surface area contributed by atoms with E-state index in [1.807, 2.05) is 13.8 Å². The molecular formula is C15H21N5O4. The Morgan fingerprint density at radius 1 is 1.38 bits per heavy atom. The van der Waals surface area contributed by atoms with Crippen molar-refractivity contribution < 1.29 is 14.3 Å². The number of amides is 1. The van der Waals surface area contributed by atoms with Crippen LogP contribution in [0.15, 0.2) is 17.3 Å². The van der Waals surface area contributed by atoms with Crippen molar-refractivity contribution in [3.05, 3.63) is 22.9 Å². The Hall–Kier alpha value is -2.71. The molecule has 2 aromatic heterocycles. The first-order chi connectivity index (χ1) is 11.3. The molecular weight excluding hydrogens is 314 g/mol. The lowest BCUT2D eigenvalue weighted by Gasteiger charge is -2.18. The summed E-state index contributed by atoms with van der Waals surface area (Å²) < 4.78 is 7.37. The Kier molecular flexibility index (Phi) is 5.32. The number of nitrogens with one attached hydrogen (secondary N) is 1. The topological polar surface area (TPSA) is 108 Å². The number of methoxy groups -OCH3 is 1. The molecule has 1 N–H and O–H groups in total. The lowest BCUT2D eigenvalue weighted by Crippen LogP contribution is -2.44. The number of ether oxygens (including phenoxy) is 1. The van der Waals surface area contributed by atoms with E-state index < -0.39 is 17.9 Å². The lowest BCUT2D eigenvalue weighted by molar-refractivity contribution is -0.145. The molecule has 2 rings (SSSR count). The third-order valence-corrected chi connectivity index (χ3v) is 3.46. The van der Waals surface area contributed by atoms with Crippen LogP contribution in [0, 0.1) is 5.92 Å². The van der Waals surface area contributed by atoms with Gasteiger partial charge in [0.15, 0.2) is 5.65 Å². The van der Waals surface area contributed by atoms with Crippen molar-refractivity contribution >= 4 is 22.9 Å². The van der Waals surface area contributed by atoms with Crippen LogP contribution >= 0.6 is 0 Å². The third kappa shape index (κ3) is 3.98. The molecule has 1 unspecified atom stereocenters. The van der Waals surface area contributed by atoms with E-state index in [1.54, 1.807) is 13.2 Å². The fraction of sp³-hybridized carbons (Fsp3) is 0.533. The van der Waals surface area contributed by atoms with Crippen LogP contribution in [0.3, 0.4) is 0 Å². The van der Waals surface area contributed by atoms with E-state index in [9.17, 15) is 14.4 Å². The van der Waals surface area contributed by atoms with Crippen molar-refractivity contribution in [2.24, 2.45) is 13.0 Å². The van der Waals surface area contributed by atoms with E-state index in [-0.39, 0.29) is 18.0 Å². The van der Waals surface area contributed by atoms with Crippen molar-refractivity contribution in [1.29, 1.82) is 0 Å². The predicted molar refractivity (Wildman–Crippen MR) is 86.2 cm³/mol. The highest BCUT2D eigenvalue weighted by Crippen LogP contribution is 2.06. The standard InChI is InChI=1S/C15H21N5O4/c1-9(2)5-11(15(23)24-4)17-12(21)7-20-8-16-13-10(14(20)22)6-19(3)18-13/h6,8-9,11H,5,7H2,1-4H3,(H,17,21). The molecule has 1 amide bonds. The highest BCUT2D eigenvalue weighted by atomic mass is 16.5. The molecule has 0 saturated heterocycles. The van der Waals surface area contributed by atoms with Gasteiger partial charge in [0.25, 0.3) is 5.56 Å².